The Morgan fingerprint density at radius 3 is 2.77 bits per heavy atom. The van der Waals surface area contributed by atoms with Crippen LogP contribution in [0.15, 0.2) is 30.3 Å². The zero-order valence-corrected chi connectivity index (χ0v) is 7.14. The van der Waals surface area contributed by atoms with Crippen molar-refractivity contribution in [3.05, 3.63) is 35.9 Å². The van der Waals surface area contributed by atoms with Gasteiger partial charge in [-0.3, -0.25) is 5.32 Å². The first-order chi connectivity index (χ1) is 6.40. The van der Waals surface area contributed by atoms with Crippen LogP contribution in [0.2, 0.25) is 0 Å². The molecule has 1 N–H and O–H groups in total. The van der Waals surface area contributed by atoms with Gasteiger partial charge in [0.05, 0.1) is 12.6 Å². The van der Waals surface area contributed by atoms with Crippen molar-refractivity contribution < 1.29 is 9.53 Å². The van der Waals surface area contributed by atoms with Gasteiger partial charge in [-0.15, -0.1) is 0 Å². The SMILES string of the molecule is O=CC1COC(c2ccccc2)N1. The fraction of sp³-hybridized carbons (Fsp3) is 0.300. The Hall–Kier alpha value is -1.19. The summed E-state index contributed by atoms with van der Waals surface area (Å²) in [7, 11) is 0. The highest BCUT2D eigenvalue weighted by Gasteiger charge is 2.24. The molecule has 1 aliphatic rings. The van der Waals surface area contributed by atoms with Crippen molar-refractivity contribution in [2.24, 2.45) is 0 Å². The first-order valence-electron chi connectivity index (χ1n) is 4.28. The van der Waals surface area contributed by atoms with E-state index >= 15 is 0 Å². The number of carbonyl (C=O) groups excluding carboxylic acids is 1. The molecule has 0 aromatic heterocycles. The lowest BCUT2D eigenvalue weighted by Crippen LogP contribution is -2.26. The van der Waals surface area contributed by atoms with Crippen LogP contribution >= 0.6 is 0 Å². The van der Waals surface area contributed by atoms with E-state index in [1.54, 1.807) is 0 Å². The normalized spacial score (nSPS) is 27.4. The fourth-order valence-electron chi connectivity index (χ4n) is 1.39. The summed E-state index contributed by atoms with van der Waals surface area (Å²) < 4.78 is 5.40. The molecule has 2 atom stereocenters. The molecule has 0 bridgehead atoms. The summed E-state index contributed by atoms with van der Waals surface area (Å²) in [6.07, 6.45) is 0.750. The van der Waals surface area contributed by atoms with Gasteiger partial charge in [-0.2, -0.15) is 0 Å². The summed E-state index contributed by atoms with van der Waals surface area (Å²) in [5.41, 5.74) is 1.06. The standard InChI is InChI=1S/C10H11NO2/c12-6-9-7-13-10(11-9)8-4-2-1-3-5-8/h1-6,9-11H,7H2. The third-order valence-corrected chi connectivity index (χ3v) is 2.07. The van der Waals surface area contributed by atoms with E-state index in [9.17, 15) is 4.79 Å². The summed E-state index contributed by atoms with van der Waals surface area (Å²) in [4.78, 5) is 10.4. The van der Waals surface area contributed by atoms with E-state index in [2.05, 4.69) is 5.32 Å². The Morgan fingerprint density at radius 1 is 1.38 bits per heavy atom. The zero-order chi connectivity index (χ0) is 9.10. The van der Waals surface area contributed by atoms with Crippen molar-refractivity contribution in [1.29, 1.82) is 0 Å². The smallest absolute Gasteiger partial charge is 0.139 e. The van der Waals surface area contributed by atoms with Gasteiger partial charge in [-0.25, -0.2) is 0 Å². The number of hydrogen-bond acceptors (Lipinski definition) is 3. The molecular weight excluding hydrogens is 166 g/mol. The molecule has 1 saturated heterocycles. The number of aldehydes is 1. The number of nitrogens with one attached hydrogen (secondary N) is 1. The maximum absolute atomic E-state index is 10.4. The molecule has 3 nitrogen and oxygen atoms in total. The van der Waals surface area contributed by atoms with Gasteiger partial charge in [0.25, 0.3) is 0 Å². The number of hydrogen-bond donors (Lipinski definition) is 1. The molecule has 0 radical (unpaired) electrons. The Bertz CT molecular complexity index is 286. The van der Waals surface area contributed by atoms with Gasteiger partial charge < -0.3 is 9.53 Å². The third kappa shape index (κ3) is 1.76. The Labute approximate surface area is 76.7 Å². The fourth-order valence-corrected chi connectivity index (χ4v) is 1.39. The molecule has 1 heterocycles. The highest BCUT2D eigenvalue weighted by Crippen LogP contribution is 2.18. The van der Waals surface area contributed by atoms with Crippen LogP contribution in [0.3, 0.4) is 0 Å². The summed E-state index contributed by atoms with van der Waals surface area (Å²) in [6.45, 7) is 0.461. The van der Waals surface area contributed by atoms with Crippen LogP contribution in [0.4, 0.5) is 0 Å². The molecule has 2 rings (SSSR count). The summed E-state index contributed by atoms with van der Waals surface area (Å²) in [5.74, 6) is 0. The molecule has 0 spiro atoms. The summed E-state index contributed by atoms with van der Waals surface area (Å²) in [6, 6.07) is 9.65. The van der Waals surface area contributed by atoms with Gasteiger partial charge in [-0.05, 0) is 5.56 Å². The van der Waals surface area contributed by atoms with E-state index in [4.69, 9.17) is 4.74 Å². The molecule has 13 heavy (non-hydrogen) atoms. The summed E-state index contributed by atoms with van der Waals surface area (Å²) in [5, 5.41) is 3.07. The second kappa shape index (κ2) is 3.68. The minimum Gasteiger partial charge on any atom is -0.357 e. The van der Waals surface area contributed by atoms with Crippen molar-refractivity contribution in [1.82, 2.24) is 5.32 Å². The number of benzene rings is 1. The molecule has 1 aliphatic heterocycles. The van der Waals surface area contributed by atoms with Crippen molar-refractivity contribution in [3.63, 3.8) is 0 Å². The molecule has 1 fully saturated rings. The van der Waals surface area contributed by atoms with Crippen molar-refractivity contribution >= 4 is 6.29 Å². The third-order valence-electron chi connectivity index (χ3n) is 2.07. The molecule has 1 aromatic carbocycles. The quantitative estimate of drug-likeness (QED) is 0.681. The highest BCUT2D eigenvalue weighted by molar-refractivity contribution is 5.58. The summed E-state index contributed by atoms with van der Waals surface area (Å²) >= 11 is 0. The average molecular weight is 177 g/mol. The first-order valence-corrected chi connectivity index (χ1v) is 4.28. The molecule has 68 valence electrons. The molecule has 2 unspecified atom stereocenters. The second-order valence-corrected chi connectivity index (χ2v) is 3.03. The Morgan fingerprint density at radius 2 is 2.15 bits per heavy atom. The lowest BCUT2D eigenvalue weighted by Gasteiger charge is -2.09. The van der Waals surface area contributed by atoms with Crippen LogP contribution in [0.1, 0.15) is 11.8 Å². The van der Waals surface area contributed by atoms with E-state index in [0.29, 0.717) is 6.61 Å². The van der Waals surface area contributed by atoms with E-state index in [0.717, 1.165) is 11.8 Å². The van der Waals surface area contributed by atoms with E-state index in [1.165, 1.54) is 0 Å². The zero-order valence-electron chi connectivity index (χ0n) is 7.14. The van der Waals surface area contributed by atoms with Crippen LogP contribution in [0.5, 0.6) is 0 Å². The Balaban J connectivity index is 2.08. The van der Waals surface area contributed by atoms with Gasteiger partial charge in [0.2, 0.25) is 0 Å². The van der Waals surface area contributed by atoms with Crippen LogP contribution in [0.25, 0.3) is 0 Å². The molecule has 0 saturated carbocycles. The minimum absolute atomic E-state index is 0.128. The van der Waals surface area contributed by atoms with E-state index in [1.807, 2.05) is 30.3 Å². The molecule has 3 heteroatoms. The van der Waals surface area contributed by atoms with Crippen LogP contribution < -0.4 is 5.32 Å². The van der Waals surface area contributed by atoms with Gasteiger partial charge >= 0.3 is 0 Å². The maximum Gasteiger partial charge on any atom is 0.139 e. The number of ether oxygens (including phenoxy) is 1. The van der Waals surface area contributed by atoms with Crippen molar-refractivity contribution in [2.45, 2.75) is 12.3 Å². The minimum atomic E-state index is -0.162. The lowest BCUT2D eigenvalue weighted by molar-refractivity contribution is -0.109. The predicted molar refractivity (Wildman–Crippen MR) is 48.1 cm³/mol. The second-order valence-electron chi connectivity index (χ2n) is 3.03. The molecule has 0 aliphatic carbocycles. The number of carbonyl (C=O) groups is 1. The highest BCUT2D eigenvalue weighted by atomic mass is 16.5. The maximum atomic E-state index is 10.4. The van der Waals surface area contributed by atoms with Crippen molar-refractivity contribution in [2.75, 3.05) is 6.61 Å². The van der Waals surface area contributed by atoms with Crippen LogP contribution in [-0.2, 0) is 9.53 Å². The Kier molecular flexibility index (Phi) is 2.38. The van der Waals surface area contributed by atoms with E-state index in [-0.39, 0.29) is 12.3 Å². The lowest BCUT2D eigenvalue weighted by atomic mass is 10.2. The van der Waals surface area contributed by atoms with Gasteiger partial charge in [0.15, 0.2) is 0 Å². The average Bonchev–Trinajstić information content (AvgIpc) is 2.67. The van der Waals surface area contributed by atoms with Gasteiger partial charge in [0.1, 0.15) is 12.5 Å². The van der Waals surface area contributed by atoms with Gasteiger partial charge in [0, 0.05) is 0 Å². The van der Waals surface area contributed by atoms with Gasteiger partial charge in [-0.1, -0.05) is 30.3 Å². The van der Waals surface area contributed by atoms with Crippen molar-refractivity contribution in [3.8, 4) is 0 Å². The molecule has 0 amide bonds. The van der Waals surface area contributed by atoms with Crippen LogP contribution in [-0.4, -0.2) is 18.9 Å². The largest absolute Gasteiger partial charge is 0.357 e. The first kappa shape index (κ1) is 8.41. The predicted octanol–water partition coefficient (Wildman–Crippen LogP) is 0.872. The number of rotatable bonds is 2. The molecule has 1 aromatic rings. The van der Waals surface area contributed by atoms with Crippen LogP contribution in [0, 0.1) is 0 Å². The van der Waals surface area contributed by atoms with E-state index < -0.39 is 0 Å². The molecular formula is C10H11NO2. The monoisotopic (exact) mass is 177 g/mol. The topological polar surface area (TPSA) is 38.3 Å².